The van der Waals surface area contributed by atoms with E-state index in [2.05, 4.69) is 17.4 Å². The average molecular weight is 456 g/mol. The topological polar surface area (TPSA) is 72.5 Å². The van der Waals surface area contributed by atoms with E-state index in [1.165, 1.54) is 0 Å². The van der Waals surface area contributed by atoms with Crippen LogP contribution in [0.2, 0.25) is 0 Å². The SMILES string of the molecule is O=C(N[C@@H](Cc1ccccc1)CS(=O)(=O)Cl)OCC1c2ccccc2-c2ccccc21. The lowest BCUT2D eigenvalue weighted by molar-refractivity contribution is 0.140. The highest BCUT2D eigenvalue weighted by Crippen LogP contribution is 2.44. The maximum absolute atomic E-state index is 12.5. The van der Waals surface area contributed by atoms with Crippen LogP contribution < -0.4 is 5.32 Å². The lowest BCUT2D eigenvalue weighted by Crippen LogP contribution is -2.41. The lowest BCUT2D eigenvalue weighted by atomic mass is 9.98. The van der Waals surface area contributed by atoms with Crippen molar-refractivity contribution in [2.24, 2.45) is 0 Å². The van der Waals surface area contributed by atoms with Crippen LogP contribution in [0.3, 0.4) is 0 Å². The van der Waals surface area contributed by atoms with Crippen LogP contribution in [-0.4, -0.2) is 32.9 Å². The molecule has 1 N–H and O–H groups in total. The molecule has 0 radical (unpaired) electrons. The summed E-state index contributed by atoms with van der Waals surface area (Å²) in [6.07, 6.45) is -0.333. The van der Waals surface area contributed by atoms with Gasteiger partial charge in [0.25, 0.3) is 0 Å². The lowest BCUT2D eigenvalue weighted by Gasteiger charge is -2.19. The number of carbonyl (C=O) groups excluding carboxylic acids is 1. The smallest absolute Gasteiger partial charge is 0.407 e. The Morgan fingerprint density at radius 2 is 1.45 bits per heavy atom. The largest absolute Gasteiger partial charge is 0.449 e. The number of benzene rings is 3. The standard InChI is InChI=1S/C24H22ClNO4S/c25-31(28,29)16-18(14-17-8-2-1-3-9-17)26-24(27)30-15-23-21-12-6-4-10-19(21)20-11-5-7-13-22(20)23/h1-13,18,23H,14-16H2,(H,26,27)/t18-/m0/s1. The normalized spacial score (nSPS) is 13.8. The summed E-state index contributed by atoms with van der Waals surface area (Å²) in [4.78, 5) is 12.5. The molecule has 3 aromatic rings. The van der Waals surface area contributed by atoms with Crippen LogP contribution in [0, 0.1) is 0 Å². The fourth-order valence-electron chi connectivity index (χ4n) is 4.10. The summed E-state index contributed by atoms with van der Waals surface area (Å²) in [6.45, 7) is 0.158. The highest BCUT2D eigenvalue weighted by molar-refractivity contribution is 8.13. The molecule has 7 heteroatoms. The zero-order chi connectivity index (χ0) is 21.8. The molecule has 1 aliphatic rings. The molecule has 0 spiro atoms. The summed E-state index contributed by atoms with van der Waals surface area (Å²) in [5.41, 5.74) is 5.40. The minimum absolute atomic E-state index is 0.0671. The maximum Gasteiger partial charge on any atom is 0.407 e. The number of hydrogen-bond donors (Lipinski definition) is 1. The molecule has 4 rings (SSSR count). The molecule has 0 unspecified atom stereocenters. The van der Waals surface area contributed by atoms with Crippen molar-refractivity contribution < 1.29 is 17.9 Å². The quantitative estimate of drug-likeness (QED) is 0.524. The Balaban J connectivity index is 1.45. The van der Waals surface area contributed by atoms with Crippen LogP contribution in [0.1, 0.15) is 22.6 Å². The number of fused-ring (bicyclic) bond motifs is 3. The molecule has 31 heavy (non-hydrogen) atoms. The summed E-state index contributed by atoms with van der Waals surface area (Å²) >= 11 is 0. The molecule has 0 aromatic heterocycles. The number of carbonyl (C=O) groups is 1. The Morgan fingerprint density at radius 1 is 0.903 bits per heavy atom. The van der Waals surface area contributed by atoms with E-state index >= 15 is 0 Å². The predicted octanol–water partition coefficient (Wildman–Crippen LogP) is 4.71. The molecule has 3 aromatic carbocycles. The van der Waals surface area contributed by atoms with Gasteiger partial charge in [-0.3, -0.25) is 0 Å². The van der Waals surface area contributed by atoms with Crippen molar-refractivity contribution in [2.75, 3.05) is 12.4 Å². The first kappa shape index (κ1) is 21.4. The van der Waals surface area contributed by atoms with Crippen LogP contribution in [-0.2, 0) is 20.2 Å². The number of alkyl carbamates (subject to hydrolysis) is 1. The zero-order valence-corrected chi connectivity index (χ0v) is 18.3. The third-order valence-corrected chi connectivity index (χ3v) is 6.57. The predicted molar refractivity (Wildman–Crippen MR) is 122 cm³/mol. The molecular weight excluding hydrogens is 434 g/mol. The summed E-state index contributed by atoms with van der Waals surface area (Å²) in [7, 11) is 1.65. The van der Waals surface area contributed by atoms with Crippen molar-refractivity contribution in [1.29, 1.82) is 0 Å². The van der Waals surface area contributed by atoms with Gasteiger partial charge >= 0.3 is 6.09 Å². The maximum atomic E-state index is 12.5. The van der Waals surface area contributed by atoms with Gasteiger partial charge < -0.3 is 10.1 Å². The highest BCUT2D eigenvalue weighted by atomic mass is 35.7. The Morgan fingerprint density at radius 3 is 2.03 bits per heavy atom. The monoisotopic (exact) mass is 455 g/mol. The van der Waals surface area contributed by atoms with E-state index in [0.717, 1.165) is 27.8 Å². The Labute approximate surface area is 186 Å². The summed E-state index contributed by atoms with van der Waals surface area (Å²) in [6, 6.07) is 24.8. The third kappa shape index (κ3) is 5.27. The van der Waals surface area contributed by atoms with Crippen LogP contribution in [0.15, 0.2) is 78.9 Å². The second-order valence-corrected chi connectivity index (χ2v) is 10.4. The van der Waals surface area contributed by atoms with Gasteiger partial charge in [0, 0.05) is 16.6 Å². The second kappa shape index (κ2) is 9.12. The Hall–Kier alpha value is -2.83. The number of halogens is 1. The minimum Gasteiger partial charge on any atom is -0.449 e. The van der Waals surface area contributed by atoms with Crippen LogP contribution in [0.25, 0.3) is 11.1 Å². The molecule has 0 heterocycles. The number of hydrogen-bond acceptors (Lipinski definition) is 4. The second-order valence-electron chi connectivity index (χ2n) is 7.56. The molecule has 5 nitrogen and oxygen atoms in total. The number of amides is 1. The van der Waals surface area contributed by atoms with Gasteiger partial charge in [0.2, 0.25) is 9.05 Å². The molecule has 1 aliphatic carbocycles. The highest BCUT2D eigenvalue weighted by Gasteiger charge is 2.29. The van der Waals surface area contributed by atoms with Gasteiger partial charge in [-0.15, -0.1) is 0 Å². The molecule has 0 aliphatic heterocycles. The van der Waals surface area contributed by atoms with Crippen molar-refractivity contribution in [3.05, 3.63) is 95.6 Å². The minimum atomic E-state index is -3.80. The van der Waals surface area contributed by atoms with Gasteiger partial charge in [0.1, 0.15) is 6.61 Å². The van der Waals surface area contributed by atoms with E-state index in [0.29, 0.717) is 6.42 Å². The Kier molecular flexibility index (Phi) is 6.30. The molecule has 0 bridgehead atoms. The van der Waals surface area contributed by atoms with E-state index in [9.17, 15) is 13.2 Å². The average Bonchev–Trinajstić information content (AvgIpc) is 3.06. The van der Waals surface area contributed by atoms with Crippen molar-refractivity contribution in [2.45, 2.75) is 18.4 Å². The van der Waals surface area contributed by atoms with Crippen LogP contribution in [0.4, 0.5) is 4.79 Å². The summed E-state index contributed by atoms with van der Waals surface area (Å²) < 4.78 is 28.8. The molecule has 0 fully saturated rings. The van der Waals surface area contributed by atoms with Gasteiger partial charge in [-0.05, 0) is 34.2 Å². The molecule has 0 saturated carbocycles. The van der Waals surface area contributed by atoms with Crippen LogP contribution in [0.5, 0.6) is 0 Å². The van der Waals surface area contributed by atoms with E-state index in [1.807, 2.05) is 66.7 Å². The van der Waals surface area contributed by atoms with Crippen molar-refractivity contribution in [3.63, 3.8) is 0 Å². The molecule has 0 saturated heterocycles. The van der Waals surface area contributed by atoms with E-state index in [-0.39, 0.29) is 18.3 Å². The van der Waals surface area contributed by atoms with Crippen molar-refractivity contribution in [1.82, 2.24) is 5.32 Å². The van der Waals surface area contributed by atoms with E-state index < -0.39 is 21.2 Å². The first-order valence-electron chi connectivity index (χ1n) is 9.98. The fourth-order valence-corrected chi connectivity index (χ4v) is 5.24. The van der Waals surface area contributed by atoms with Gasteiger partial charge in [-0.1, -0.05) is 78.9 Å². The first-order valence-corrected chi connectivity index (χ1v) is 12.5. The zero-order valence-electron chi connectivity index (χ0n) is 16.7. The molecule has 1 atom stereocenters. The fraction of sp³-hybridized carbons (Fsp3) is 0.208. The van der Waals surface area contributed by atoms with Gasteiger partial charge in [0.05, 0.1) is 11.8 Å². The van der Waals surface area contributed by atoms with Gasteiger partial charge in [-0.2, -0.15) is 0 Å². The summed E-state index contributed by atoms with van der Waals surface area (Å²) in [5.74, 6) is -0.448. The first-order chi connectivity index (χ1) is 14.9. The van der Waals surface area contributed by atoms with Crippen LogP contribution >= 0.6 is 10.7 Å². The number of rotatable bonds is 7. The van der Waals surface area contributed by atoms with E-state index in [4.69, 9.17) is 15.4 Å². The van der Waals surface area contributed by atoms with Crippen molar-refractivity contribution in [3.8, 4) is 11.1 Å². The molecule has 160 valence electrons. The Bertz CT molecular complexity index is 1140. The van der Waals surface area contributed by atoms with Crippen molar-refractivity contribution >= 4 is 25.8 Å². The molecule has 1 amide bonds. The third-order valence-electron chi connectivity index (χ3n) is 5.39. The summed E-state index contributed by atoms with van der Waals surface area (Å²) in [5, 5.41) is 2.67. The number of ether oxygens (including phenoxy) is 1. The van der Waals surface area contributed by atoms with E-state index in [1.54, 1.807) is 0 Å². The van der Waals surface area contributed by atoms with Gasteiger partial charge in [0.15, 0.2) is 0 Å². The molecular formula is C24H22ClNO4S. The number of nitrogens with one attached hydrogen (secondary N) is 1. The van der Waals surface area contributed by atoms with Gasteiger partial charge in [-0.25, -0.2) is 13.2 Å².